The van der Waals surface area contributed by atoms with Crippen LogP contribution in [0.25, 0.3) is 16.7 Å². The summed E-state index contributed by atoms with van der Waals surface area (Å²) in [6.07, 6.45) is 0. The smallest absolute Gasteiger partial charge is 0.141 e. The molecule has 1 aromatic heterocycles. The SMILES string of the molecule is COc1ccc2nnn(-c3ccccc3O)c2c1. The van der Waals surface area contributed by atoms with E-state index in [1.807, 2.05) is 24.3 Å². The Balaban J connectivity index is 2.26. The van der Waals surface area contributed by atoms with Gasteiger partial charge >= 0.3 is 0 Å². The maximum Gasteiger partial charge on any atom is 0.141 e. The number of aromatic hydroxyl groups is 1. The second-order valence-electron chi connectivity index (χ2n) is 3.84. The van der Waals surface area contributed by atoms with Crippen molar-refractivity contribution in [1.82, 2.24) is 15.0 Å². The van der Waals surface area contributed by atoms with Gasteiger partial charge in [0.1, 0.15) is 22.7 Å². The summed E-state index contributed by atoms with van der Waals surface area (Å²) in [4.78, 5) is 0. The van der Waals surface area contributed by atoms with Gasteiger partial charge in [-0.3, -0.25) is 0 Å². The fourth-order valence-electron chi connectivity index (χ4n) is 1.85. The number of benzene rings is 2. The van der Waals surface area contributed by atoms with Gasteiger partial charge in [-0.2, -0.15) is 0 Å². The molecule has 0 aliphatic heterocycles. The number of methoxy groups -OCH3 is 1. The Hall–Kier alpha value is -2.56. The van der Waals surface area contributed by atoms with Crippen molar-refractivity contribution in [2.45, 2.75) is 0 Å². The highest BCUT2D eigenvalue weighted by Crippen LogP contribution is 2.25. The summed E-state index contributed by atoms with van der Waals surface area (Å²) in [5, 5.41) is 18.0. The zero-order valence-electron chi connectivity index (χ0n) is 9.74. The number of ether oxygens (including phenoxy) is 1. The zero-order valence-corrected chi connectivity index (χ0v) is 9.74. The number of nitrogens with zero attached hydrogens (tertiary/aromatic N) is 3. The Morgan fingerprint density at radius 2 is 2.00 bits per heavy atom. The molecule has 18 heavy (non-hydrogen) atoms. The number of hydrogen-bond acceptors (Lipinski definition) is 4. The van der Waals surface area contributed by atoms with E-state index in [9.17, 15) is 5.11 Å². The van der Waals surface area contributed by atoms with Crippen molar-refractivity contribution in [2.24, 2.45) is 0 Å². The Kier molecular flexibility index (Phi) is 2.37. The van der Waals surface area contributed by atoms with Crippen LogP contribution in [0.5, 0.6) is 11.5 Å². The van der Waals surface area contributed by atoms with Crippen LogP contribution in [0.1, 0.15) is 0 Å². The second-order valence-corrected chi connectivity index (χ2v) is 3.84. The number of aromatic nitrogens is 3. The third-order valence-electron chi connectivity index (χ3n) is 2.76. The third-order valence-corrected chi connectivity index (χ3v) is 2.76. The first-order valence-electron chi connectivity index (χ1n) is 5.47. The lowest BCUT2D eigenvalue weighted by molar-refractivity contribution is 0.415. The Bertz CT molecular complexity index is 706. The van der Waals surface area contributed by atoms with E-state index in [1.165, 1.54) is 0 Å². The standard InChI is InChI=1S/C13H11N3O2/c1-18-9-6-7-10-12(8-9)16(15-14-10)11-4-2-3-5-13(11)17/h2-8,17H,1H3. The van der Waals surface area contributed by atoms with E-state index in [0.717, 1.165) is 16.8 Å². The lowest BCUT2D eigenvalue weighted by Gasteiger charge is -2.05. The van der Waals surface area contributed by atoms with Gasteiger partial charge in [-0.1, -0.05) is 17.3 Å². The molecule has 5 heteroatoms. The van der Waals surface area contributed by atoms with Gasteiger partial charge < -0.3 is 9.84 Å². The van der Waals surface area contributed by atoms with Crippen LogP contribution in [0.4, 0.5) is 0 Å². The zero-order chi connectivity index (χ0) is 12.5. The maximum atomic E-state index is 9.85. The lowest BCUT2D eigenvalue weighted by Crippen LogP contribution is -1.96. The monoisotopic (exact) mass is 241 g/mol. The Morgan fingerprint density at radius 3 is 2.78 bits per heavy atom. The summed E-state index contributed by atoms with van der Waals surface area (Å²) in [5.41, 5.74) is 2.13. The van der Waals surface area contributed by atoms with E-state index in [2.05, 4.69) is 10.3 Å². The van der Waals surface area contributed by atoms with E-state index in [4.69, 9.17) is 4.74 Å². The summed E-state index contributed by atoms with van der Waals surface area (Å²) in [5.74, 6) is 0.883. The Labute approximate surface area is 103 Å². The molecule has 5 nitrogen and oxygen atoms in total. The van der Waals surface area contributed by atoms with Crippen LogP contribution in [-0.4, -0.2) is 27.2 Å². The van der Waals surface area contributed by atoms with Gasteiger partial charge in [0.25, 0.3) is 0 Å². The molecule has 3 aromatic rings. The third kappa shape index (κ3) is 1.57. The summed E-state index contributed by atoms with van der Waals surface area (Å²) >= 11 is 0. The minimum Gasteiger partial charge on any atom is -0.506 e. The highest BCUT2D eigenvalue weighted by Gasteiger charge is 2.10. The molecule has 0 atom stereocenters. The summed E-state index contributed by atoms with van der Waals surface area (Å²) in [7, 11) is 1.61. The van der Waals surface area contributed by atoms with Gasteiger partial charge in [0, 0.05) is 6.07 Å². The van der Waals surface area contributed by atoms with Crippen LogP contribution >= 0.6 is 0 Å². The van der Waals surface area contributed by atoms with Gasteiger partial charge in [-0.25, -0.2) is 4.68 Å². The normalized spacial score (nSPS) is 10.7. The molecule has 0 radical (unpaired) electrons. The average molecular weight is 241 g/mol. The first-order chi connectivity index (χ1) is 8.79. The number of phenols is 1. The molecule has 90 valence electrons. The van der Waals surface area contributed by atoms with Gasteiger partial charge in [0.2, 0.25) is 0 Å². The largest absolute Gasteiger partial charge is 0.506 e. The molecule has 0 fully saturated rings. The molecule has 0 unspecified atom stereocenters. The van der Waals surface area contributed by atoms with Crippen LogP contribution in [0.2, 0.25) is 0 Å². The summed E-state index contributed by atoms with van der Waals surface area (Å²) < 4.78 is 6.77. The summed E-state index contributed by atoms with van der Waals surface area (Å²) in [6, 6.07) is 12.5. The predicted molar refractivity (Wildman–Crippen MR) is 67.1 cm³/mol. The number of para-hydroxylation sites is 2. The molecular weight excluding hydrogens is 230 g/mol. The van der Waals surface area contributed by atoms with Crippen LogP contribution < -0.4 is 4.74 Å². The molecule has 0 aliphatic carbocycles. The molecule has 1 heterocycles. The summed E-state index contributed by atoms with van der Waals surface area (Å²) in [6.45, 7) is 0. The van der Waals surface area contributed by atoms with E-state index in [1.54, 1.807) is 30.0 Å². The highest BCUT2D eigenvalue weighted by atomic mass is 16.5. The molecule has 0 spiro atoms. The molecule has 0 bridgehead atoms. The van der Waals surface area contributed by atoms with E-state index >= 15 is 0 Å². The molecule has 3 rings (SSSR count). The predicted octanol–water partition coefficient (Wildman–Crippen LogP) is 2.13. The average Bonchev–Trinajstić information content (AvgIpc) is 2.82. The van der Waals surface area contributed by atoms with Crippen molar-refractivity contribution in [3.05, 3.63) is 42.5 Å². The van der Waals surface area contributed by atoms with Gasteiger partial charge in [0.15, 0.2) is 0 Å². The molecule has 1 N–H and O–H groups in total. The molecule has 0 saturated heterocycles. The van der Waals surface area contributed by atoms with Crippen LogP contribution in [0.3, 0.4) is 0 Å². The first kappa shape index (κ1) is 10.6. The molecule has 0 amide bonds. The maximum absolute atomic E-state index is 9.85. The molecular formula is C13H11N3O2. The van der Waals surface area contributed by atoms with E-state index < -0.39 is 0 Å². The first-order valence-corrected chi connectivity index (χ1v) is 5.47. The van der Waals surface area contributed by atoms with Gasteiger partial charge in [0.05, 0.1) is 12.6 Å². The number of fused-ring (bicyclic) bond motifs is 1. The number of phenolic OH excluding ortho intramolecular Hbond substituents is 1. The van der Waals surface area contributed by atoms with Crippen LogP contribution in [-0.2, 0) is 0 Å². The van der Waals surface area contributed by atoms with Crippen molar-refractivity contribution < 1.29 is 9.84 Å². The minimum atomic E-state index is 0.159. The van der Waals surface area contributed by atoms with Crippen LogP contribution in [0, 0.1) is 0 Å². The van der Waals surface area contributed by atoms with E-state index in [-0.39, 0.29) is 5.75 Å². The van der Waals surface area contributed by atoms with Crippen molar-refractivity contribution in [3.8, 4) is 17.2 Å². The molecule has 0 saturated carbocycles. The second kappa shape index (κ2) is 4.03. The number of hydrogen-bond donors (Lipinski definition) is 1. The van der Waals surface area contributed by atoms with Crippen molar-refractivity contribution in [3.63, 3.8) is 0 Å². The molecule has 2 aromatic carbocycles. The molecule has 0 aliphatic rings. The highest BCUT2D eigenvalue weighted by molar-refractivity contribution is 5.78. The van der Waals surface area contributed by atoms with Crippen molar-refractivity contribution in [1.29, 1.82) is 0 Å². The lowest BCUT2D eigenvalue weighted by atomic mass is 10.2. The Morgan fingerprint density at radius 1 is 1.17 bits per heavy atom. The topological polar surface area (TPSA) is 60.2 Å². The minimum absolute atomic E-state index is 0.159. The van der Waals surface area contributed by atoms with E-state index in [0.29, 0.717) is 5.69 Å². The fourth-order valence-corrected chi connectivity index (χ4v) is 1.85. The quantitative estimate of drug-likeness (QED) is 0.746. The van der Waals surface area contributed by atoms with Gasteiger partial charge in [-0.15, -0.1) is 5.10 Å². The van der Waals surface area contributed by atoms with Crippen molar-refractivity contribution >= 4 is 11.0 Å². The fraction of sp³-hybridized carbons (Fsp3) is 0.0769. The van der Waals surface area contributed by atoms with Crippen molar-refractivity contribution in [2.75, 3.05) is 7.11 Å². The van der Waals surface area contributed by atoms with Gasteiger partial charge in [-0.05, 0) is 24.3 Å². The number of rotatable bonds is 2. The van der Waals surface area contributed by atoms with Crippen LogP contribution in [0.15, 0.2) is 42.5 Å².